The third-order valence-electron chi connectivity index (χ3n) is 2.76. The minimum absolute atomic E-state index is 0.750. The zero-order valence-corrected chi connectivity index (χ0v) is 12.2. The molecule has 0 saturated heterocycles. The Labute approximate surface area is 118 Å². The molecule has 0 aromatic heterocycles. The van der Waals surface area contributed by atoms with Crippen LogP contribution in [0.4, 0.5) is 0 Å². The van der Waals surface area contributed by atoms with Gasteiger partial charge in [-0.15, -0.1) is 0 Å². The first-order valence-corrected chi connectivity index (χ1v) is 7.28. The normalized spacial score (nSPS) is 9.32. The summed E-state index contributed by atoms with van der Waals surface area (Å²) in [6.07, 6.45) is 10.1. The number of ether oxygens (including phenoxy) is 1. The first-order chi connectivity index (χ1) is 9.35. The van der Waals surface area contributed by atoms with Crippen LogP contribution in [0.5, 0.6) is 5.75 Å². The molecule has 19 heavy (non-hydrogen) atoms. The molecule has 2 heteroatoms. The number of rotatable bonds is 9. The molecule has 0 bridgehead atoms. The van der Waals surface area contributed by atoms with Crippen molar-refractivity contribution in [2.45, 2.75) is 51.9 Å². The van der Waals surface area contributed by atoms with Crippen LogP contribution < -0.4 is 4.74 Å². The van der Waals surface area contributed by atoms with Crippen molar-refractivity contribution in [2.75, 3.05) is 6.61 Å². The minimum atomic E-state index is 0.750. The Morgan fingerprint density at radius 2 is 1.53 bits per heavy atom. The Balaban J connectivity index is 0.000000982. The molecule has 0 saturated carbocycles. The van der Waals surface area contributed by atoms with Crippen molar-refractivity contribution >= 4 is 0 Å². The van der Waals surface area contributed by atoms with E-state index in [9.17, 15) is 0 Å². The second-order valence-electron chi connectivity index (χ2n) is 4.47. The van der Waals surface area contributed by atoms with E-state index in [1.807, 2.05) is 30.3 Å². The first-order valence-electron chi connectivity index (χ1n) is 7.28. The highest BCUT2D eigenvalue weighted by Gasteiger charge is 1.93. The van der Waals surface area contributed by atoms with Crippen LogP contribution in [0.15, 0.2) is 43.2 Å². The van der Waals surface area contributed by atoms with Crippen LogP contribution >= 0.6 is 0 Å². The molecule has 0 aliphatic heterocycles. The summed E-state index contributed by atoms with van der Waals surface area (Å²) in [5, 5.41) is 7.33. The summed E-state index contributed by atoms with van der Waals surface area (Å²) < 4.78 is 5.63. The summed E-state index contributed by atoms with van der Waals surface area (Å²) in [4.78, 5) is 0. The number of hydrogen-bond acceptors (Lipinski definition) is 2. The van der Waals surface area contributed by atoms with E-state index < -0.39 is 0 Å². The number of aliphatic hydroxyl groups is 1. The van der Waals surface area contributed by atoms with E-state index in [4.69, 9.17) is 9.84 Å². The van der Waals surface area contributed by atoms with Gasteiger partial charge in [-0.1, -0.05) is 70.2 Å². The molecule has 1 N–H and O–H groups in total. The number of para-hydroxylation sites is 1. The topological polar surface area (TPSA) is 29.5 Å². The van der Waals surface area contributed by atoms with E-state index in [1.54, 1.807) is 0 Å². The molecule has 2 nitrogen and oxygen atoms in total. The lowest BCUT2D eigenvalue weighted by atomic mass is 10.1. The zero-order valence-electron chi connectivity index (χ0n) is 12.2. The number of benzene rings is 1. The monoisotopic (exact) mass is 264 g/mol. The van der Waals surface area contributed by atoms with Crippen LogP contribution in [0, 0.1) is 0 Å². The van der Waals surface area contributed by atoms with Gasteiger partial charge in [-0.3, -0.25) is 0 Å². The molecule has 0 unspecified atom stereocenters. The lowest BCUT2D eigenvalue weighted by Gasteiger charge is -2.05. The molecule has 0 radical (unpaired) electrons. The highest BCUT2D eigenvalue weighted by Crippen LogP contribution is 2.10. The Bertz CT molecular complexity index is 283. The highest BCUT2D eigenvalue weighted by atomic mass is 16.5. The summed E-state index contributed by atoms with van der Waals surface area (Å²) in [7, 11) is 0. The number of aliphatic hydroxyl groups excluding tert-OH is 1. The van der Waals surface area contributed by atoms with Crippen molar-refractivity contribution in [3.63, 3.8) is 0 Å². The third kappa shape index (κ3) is 12.8. The average Bonchev–Trinajstić information content (AvgIpc) is 2.44. The van der Waals surface area contributed by atoms with Crippen molar-refractivity contribution < 1.29 is 9.84 Å². The fourth-order valence-corrected chi connectivity index (χ4v) is 1.77. The Kier molecular flexibility index (Phi) is 13.5. The van der Waals surface area contributed by atoms with Gasteiger partial charge in [-0.2, -0.15) is 0 Å². The molecule has 0 aliphatic carbocycles. The van der Waals surface area contributed by atoms with Crippen LogP contribution in [-0.4, -0.2) is 11.7 Å². The van der Waals surface area contributed by atoms with E-state index in [1.165, 1.54) is 44.9 Å². The maximum Gasteiger partial charge on any atom is 0.119 e. The van der Waals surface area contributed by atoms with Crippen LogP contribution in [0.1, 0.15) is 51.9 Å². The van der Waals surface area contributed by atoms with Gasteiger partial charge >= 0.3 is 0 Å². The van der Waals surface area contributed by atoms with Crippen LogP contribution in [-0.2, 0) is 0 Å². The Morgan fingerprint density at radius 1 is 1.00 bits per heavy atom. The van der Waals surface area contributed by atoms with Crippen molar-refractivity contribution in [3.05, 3.63) is 43.2 Å². The molecule has 0 amide bonds. The molecule has 108 valence electrons. The van der Waals surface area contributed by atoms with Gasteiger partial charge in [0.1, 0.15) is 5.75 Å². The van der Waals surface area contributed by atoms with Crippen molar-refractivity contribution in [1.29, 1.82) is 0 Å². The molecule has 0 aliphatic rings. The van der Waals surface area contributed by atoms with Crippen molar-refractivity contribution in [1.82, 2.24) is 0 Å². The maximum atomic E-state index is 7.33. The molecule has 1 aromatic rings. The second-order valence-corrected chi connectivity index (χ2v) is 4.47. The standard InChI is InChI=1S/C15H24O.C2H4O/c1-2-3-4-5-6-7-11-14-16-15-12-9-8-10-13-15;1-2-3/h8-10,12-13H,2-7,11,14H2,1H3;2-3H,1H2. The van der Waals surface area contributed by atoms with Gasteiger partial charge < -0.3 is 9.84 Å². The second kappa shape index (κ2) is 14.6. The van der Waals surface area contributed by atoms with E-state index in [-0.39, 0.29) is 0 Å². The molecular formula is C17H28O2. The smallest absolute Gasteiger partial charge is 0.119 e. The molecule has 1 aromatic carbocycles. The summed E-state index contributed by atoms with van der Waals surface area (Å²) >= 11 is 0. The predicted molar refractivity (Wildman–Crippen MR) is 82.8 cm³/mol. The van der Waals surface area contributed by atoms with Gasteiger partial charge in [0.25, 0.3) is 0 Å². The van der Waals surface area contributed by atoms with Gasteiger partial charge in [0.15, 0.2) is 0 Å². The minimum Gasteiger partial charge on any atom is -0.516 e. The van der Waals surface area contributed by atoms with E-state index in [0.29, 0.717) is 0 Å². The van der Waals surface area contributed by atoms with E-state index in [0.717, 1.165) is 18.6 Å². The van der Waals surface area contributed by atoms with Crippen LogP contribution in [0.25, 0.3) is 0 Å². The summed E-state index contributed by atoms with van der Waals surface area (Å²) in [5.41, 5.74) is 0. The molecule has 1 rings (SSSR count). The van der Waals surface area contributed by atoms with E-state index >= 15 is 0 Å². The SMILES string of the molecule is C=CO.CCCCCCCCCOc1ccccc1. The Morgan fingerprint density at radius 3 is 2.11 bits per heavy atom. The van der Waals surface area contributed by atoms with Gasteiger partial charge in [-0.25, -0.2) is 0 Å². The third-order valence-corrected chi connectivity index (χ3v) is 2.76. The highest BCUT2D eigenvalue weighted by molar-refractivity contribution is 5.20. The van der Waals surface area contributed by atoms with Gasteiger partial charge in [0.2, 0.25) is 0 Å². The number of hydrogen-bond donors (Lipinski definition) is 1. The van der Waals surface area contributed by atoms with Gasteiger partial charge in [-0.05, 0) is 18.6 Å². The van der Waals surface area contributed by atoms with Crippen LogP contribution in [0.3, 0.4) is 0 Å². The van der Waals surface area contributed by atoms with Crippen molar-refractivity contribution in [2.24, 2.45) is 0 Å². The molecule has 0 fully saturated rings. The fourth-order valence-electron chi connectivity index (χ4n) is 1.77. The maximum absolute atomic E-state index is 7.33. The molecule has 0 atom stereocenters. The predicted octanol–water partition coefficient (Wildman–Crippen LogP) is 5.50. The fraction of sp³-hybridized carbons (Fsp3) is 0.529. The number of unbranched alkanes of at least 4 members (excludes halogenated alkanes) is 6. The lowest BCUT2D eigenvalue weighted by molar-refractivity contribution is 0.304. The first kappa shape index (κ1) is 17.6. The van der Waals surface area contributed by atoms with E-state index in [2.05, 4.69) is 13.5 Å². The van der Waals surface area contributed by atoms with Gasteiger partial charge in [0.05, 0.1) is 12.9 Å². The lowest BCUT2D eigenvalue weighted by Crippen LogP contribution is -1.96. The quantitative estimate of drug-likeness (QED) is 0.471. The molecular weight excluding hydrogens is 236 g/mol. The van der Waals surface area contributed by atoms with Crippen LogP contribution in [0.2, 0.25) is 0 Å². The molecule has 0 heterocycles. The average molecular weight is 264 g/mol. The van der Waals surface area contributed by atoms with Gasteiger partial charge in [0, 0.05) is 0 Å². The zero-order chi connectivity index (χ0) is 14.2. The van der Waals surface area contributed by atoms with Crippen molar-refractivity contribution in [3.8, 4) is 5.75 Å². The summed E-state index contributed by atoms with van der Waals surface area (Å²) in [5.74, 6) is 0.994. The molecule has 0 spiro atoms. The largest absolute Gasteiger partial charge is 0.516 e. The Hall–Kier alpha value is -1.44. The summed E-state index contributed by atoms with van der Waals surface area (Å²) in [6, 6.07) is 10.1. The summed E-state index contributed by atoms with van der Waals surface area (Å²) in [6.45, 7) is 6.03.